The van der Waals surface area contributed by atoms with E-state index in [0.717, 1.165) is 6.07 Å². The van der Waals surface area contributed by atoms with Crippen molar-refractivity contribution in [1.82, 2.24) is 9.97 Å². The highest BCUT2D eigenvalue weighted by Crippen LogP contribution is 2.23. The highest BCUT2D eigenvalue weighted by molar-refractivity contribution is 6.03. The van der Waals surface area contributed by atoms with Crippen molar-refractivity contribution in [2.75, 3.05) is 5.32 Å². The number of hydrogen-bond acceptors (Lipinski definition) is 4. The molecule has 126 valence electrons. The number of carbonyl (C=O) groups excluding carboxylic acids is 1. The molecule has 0 unspecified atom stereocenters. The van der Waals surface area contributed by atoms with Crippen LogP contribution in [0.15, 0.2) is 42.5 Å². The molecule has 2 N–H and O–H groups in total. The van der Waals surface area contributed by atoms with Crippen molar-refractivity contribution in [1.29, 1.82) is 10.5 Å². The van der Waals surface area contributed by atoms with Gasteiger partial charge in [0.05, 0.1) is 5.56 Å². The standard InChI is InChI=1S/C18H9F2N5O/c19-12-4-1-10(2-5-12)11-3-6-13(14(20)7-11)17(26)25-18-23-15(8-21)16(9-22)24-18/h1-7H,(H2,23,24,25,26). The molecule has 0 spiro atoms. The molecule has 0 saturated carbocycles. The maximum absolute atomic E-state index is 14.3. The first-order chi connectivity index (χ1) is 12.5. The fourth-order valence-corrected chi connectivity index (χ4v) is 2.29. The van der Waals surface area contributed by atoms with Gasteiger partial charge in [-0.2, -0.15) is 10.5 Å². The van der Waals surface area contributed by atoms with E-state index < -0.39 is 17.5 Å². The van der Waals surface area contributed by atoms with E-state index in [1.54, 1.807) is 12.1 Å². The van der Waals surface area contributed by atoms with Crippen LogP contribution in [0, 0.1) is 34.3 Å². The van der Waals surface area contributed by atoms with Gasteiger partial charge in [-0.05, 0) is 35.4 Å². The molecule has 26 heavy (non-hydrogen) atoms. The fraction of sp³-hybridized carbons (Fsp3) is 0. The van der Waals surface area contributed by atoms with E-state index in [2.05, 4.69) is 15.3 Å². The summed E-state index contributed by atoms with van der Waals surface area (Å²) in [4.78, 5) is 18.4. The van der Waals surface area contributed by atoms with Crippen LogP contribution < -0.4 is 5.32 Å². The Morgan fingerprint density at radius 3 is 2.31 bits per heavy atom. The van der Waals surface area contributed by atoms with Crippen molar-refractivity contribution in [2.24, 2.45) is 0 Å². The lowest BCUT2D eigenvalue weighted by Gasteiger charge is -2.06. The van der Waals surface area contributed by atoms with E-state index in [4.69, 9.17) is 10.5 Å². The fourth-order valence-electron chi connectivity index (χ4n) is 2.29. The number of nitriles is 2. The molecule has 0 bridgehead atoms. The predicted molar refractivity (Wildman–Crippen MR) is 87.8 cm³/mol. The molecule has 3 aromatic rings. The molecule has 0 radical (unpaired) electrons. The number of nitrogens with zero attached hydrogens (tertiary/aromatic N) is 3. The third-order valence-electron chi connectivity index (χ3n) is 3.54. The number of carbonyl (C=O) groups is 1. The van der Waals surface area contributed by atoms with Crippen LogP contribution in [0.25, 0.3) is 11.1 Å². The Balaban J connectivity index is 1.84. The van der Waals surface area contributed by atoms with Gasteiger partial charge in [-0.1, -0.05) is 18.2 Å². The minimum Gasteiger partial charge on any atom is -0.314 e. The summed E-state index contributed by atoms with van der Waals surface area (Å²) in [5.41, 5.74) is 0.560. The SMILES string of the molecule is N#Cc1nc(NC(=O)c2ccc(-c3ccc(F)cc3)cc2F)[nH]c1C#N. The summed E-state index contributed by atoms with van der Waals surface area (Å²) in [5.74, 6) is -2.12. The first-order valence-corrected chi connectivity index (χ1v) is 7.29. The van der Waals surface area contributed by atoms with Crippen molar-refractivity contribution in [2.45, 2.75) is 0 Å². The van der Waals surface area contributed by atoms with E-state index in [-0.39, 0.29) is 22.9 Å². The third kappa shape index (κ3) is 3.25. The summed E-state index contributed by atoms with van der Waals surface area (Å²) in [7, 11) is 0. The van der Waals surface area contributed by atoms with Crippen molar-refractivity contribution in [3.8, 4) is 23.3 Å². The minimum atomic E-state index is -0.795. The minimum absolute atomic E-state index is 0.102. The number of imidazole rings is 1. The van der Waals surface area contributed by atoms with Gasteiger partial charge in [-0.15, -0.1) is 0 Å². The average molecular weight is 349 g/mol. The molecule has 1 heterocycles. The van der Waals surface area contributed by atoms with Crippen LogP contribution in [0.3, 0.4) is 0 Å². The van der Waals surface area contributed by atoms with Gasteiger partial charge in [0.1, 0.15) is 23.8 Å². The second-order valence-electron chi connectivity index (χ2n) is 5.19. The molecule has 0 atom stereocenters. The lowest BCUT2D eigenvalue weighted by molar-refractivity contribution is 0.102. The van der Waals surface area contributed by atoms with Crippen LogP contribution in [0.4, 0.5) is 14.7 Å². The van der Waals surface area contributed by atoms with Crippen molar-refractivity contribution in [3.05, 3.63) is 71.1 Å². The van der Waals surface area contributed by atoms with Crippen LogP contribution in [0.1, 0.15) is 21.7 Å². The zero-order chi connectivity index (χ0) is 18.7. The molecule has 0 saturated heterocycles. The van der Waals surface area contributed by atoms with Crippen LogP contribution in [0.2, 0.25) is 0 Å². The van der Waals surface area contributed by atoms with Crippen molar-refractivity contribution >= 4 is 11.9 Å². The Kier molecular flexibility index (Phi) is 4.42. The second kappa shape index (κ2) is 6.83. The summed E-state index contributed by atoms with van der Waals surface area (Å²) in [5, 5.41) is 20.0. The smallest absolute Gasteiger partial charge is 0.260 e. The third-order valence-corrected chi connectivity index (χ3v) is 3.54. The van der Waals surface area contributed by atoms with Gasteiger partial charge in [-0.3, -0.25) is 10.1 Å². The number of hydrogen-bond donors (Lipinski definition) is 2. The number of H-pyrrole nitrogens is 1. The Morgan fingerprint density at radius 2 is 1.73 bits per heavy atom. The molecular weight excluding hydrogens is 340 g/mol. The van der Waals surface area contributed by atoms with Crippen molar-refractivity contribution in [3.63, 3.8) is 0 Å². The molecule has 1 aromatic heterocycles. The van der Waals surface area contributed by atoms with Crippen LogP contribution >= 0.6 is 0 Å². The Hall–Kier alpha value is -4.04. The molecule has 0 fully saturated rings. The lowest BCUT2D eigenvalue weighted by atomic mass is 10.0. The van der Waals surface area contributed by atoms with E-state index in [9.17, 15) is 13.6 Å². The first kappa shape index (κ1) is 16.8. The number of halogens is 2. The van der Waals surface area contributed by atoms with Gasteiger partial charge in [0.25, 0.3) is 5.91 Å². The summed E-state index contributed by atoms with van der Waals surface area (Å²) >= 11 is 0. The number of aromatic amines is 1. The summed E-state index contributed by atoms with van der Waals surface area (Å²) in [6.45, 7) is 0. The molecule has 6 nitrogen and oxygen atoms in total. The molecule has 0 aliphatic carbocycles. The molecule has 1 amide bonds. The zero-order valence-electron chi connectivity index (χ0n) is 13.0. The number of amides is 1. The van der Waals surface area contributed by atoms with Gasteiger partial charge < -0.3 is 4.98 Å². The molecule has 0 aliphatic rings. The maximum atomic E-state index is 14.3. The van der Waals surface area contributed by atoms with Crippen molar-refractivity contribution < 1.29 is 13.6 Å². The maximum Gasteiger partial charge on any atom is 0.260 e. The van der Waals surface area contributed by atoms with E-state index in [0.29, 0.717) is 11.1 Å². The first-order valence-electron chi connectivity index (χ1n) is 7.29. The zero-order valence-corrected chi connectivity index (χ0v) is 13.0. The lowest BCUT2D eigenvalue weighted by Crippen LogP contribution is -2.14. The Bertz CT molecular complexity index is 1040. The van der Waals surface area contributed by atoms with Crippen LogP contribution in [-0.4, -0.2) is 15.9 Å². The highest BCUT2D eigenvalue weighted by atomic mass is 19.1. The van der Waals surface area contributed by atoms with Gasteiger partial charge in [0.2, 0.25) is 5.95 Å². The summed E-state index contributed by atoms with van der Waals surface area (Å²) < 4.78 is 27.3. The normalized spacial score (nSPS) is 10.0. The van der Waals surface area contributed by atoms with E-state index >= 15 is 0 Å². The number of benzene rings is 2. The average Bonchev–Trinajstić information content (AvgIpc) is 3.04. The molecule has 8 heteroatoms. The van der Waals surface area contributed by atoms with E-state index in [1.165, 1.54) is 36.4 Å². The van der Waals surface area contributed by atoms with Gasteiger partial charge >= 0.3 is 0 Å². The van der Waals surface area contributed by atoms with Crippen LogP contribution in [-0.2, 0) is 0 Å². The number of nitrogens with one attached hydrogen (secondary N) is 2. The second-order valence-corrected chi connectivity index (χ2v) is 5.19. The largest absolute Gasteiger partial charge is 0.314 e. The summed E-state index contributed by atoms with van der Waals surface area (Å²) in [6, 6.07) is 12.9. The molecule has 2 aromatic carbocycles. The predicted octanol–water partition coefficient (Wildman–Crippen LogP) is 3.35. The topological polar surface area (TPSA) is 105 Å². The molecular formula is C18H9F2N5O. The summed E-state index contributed by atoms with van der Waals surface area (Å²) in [6.07, 6.45) is 0. The van der Waals surface area contributed by atoms with Gasteiger partial charge in [-0.25, -0.2) is 13.8 Å². The van der Waals surface area contributed by atoms with Gasteiger partial charge in [0, 0.05) is 0 Å². The van der Waals surface area contributed by atoms with Gasteiger partial charge in [0.15, 0.2) is 11.4 Å². The van der Waals surface area contributed by atoms with Crippen LogP contribution in [0.5, 0.6) is 0 Å². The quantitative estimate of drug-likeness (QED) is 0.756. The number of rotatable bonds is 3. The highest BCUT2D eigenvalue weighted by Gasteiger charge is 2.16. The molecule has 3 rings (SSSR count). The Labute approximate surface area is 146 Å². The van der Waals surface area contributed by atoms with E-state index in [1.807, 2.05) is 0 Å². The monoisotopic (exact) mass is 349 g/mol. The Morgan fingerprint density at radius 1 is 1.04 bits per heavy atom. The number of aromatic nitrogens is 2. The number of anilines is 1. The molecule has 0 aliphatic heterocycles.